The molecule has 0 aliphatic carbocycles. The monoisotopic (exact) mass is 451 g/mol. The Kier molecular flexibility index (Phi) is 6.28. The number of hydrogen-bond donors (Lipinski definition) is 1. The minimum atomic E-state index is -0.409. The molecule has 0 atom stereocenters. The normalized spacial score (nSPS) is 20.0. The van der Waals surface area contributed by atoms with Gasteiger partial charge >= 0.3 is 0 Å². The van der Waals surface area contributed by atoms with E-state index in [0.29, 0.717) is 35.2 Å². The number of allylic oxidation sites excluding steroid dienone is 3. The quantitative estimate of drug-likeness (QED) is 0.531. The Balaban J connectivity index is 1.62. The molecule has 0 unspecified atom stereocenters. The largest absolute Gasteiger partial charge is 0.324 e. The molecule has 5 nitrogen and oxygen atoms in total. The second-order valence-corrected chi connectivity index (χ2v) is 7.61. The van der Waals surface area contributed by atoms with Crippen LogP contribution in [0.25, 0.3) is 11.3 Å². The summed E-state index contributed by atoms with van der Waals surface area (Å²) >= 11 is 6.26. The molecule has 1 aliphatic heterocycles. The zero-order chi connectivity index (χ0) is 22.7. The standard InChI is InChI=1S/C24H20ClF2N5/c1-15-13-32(14-29-15)23-9-7-18(12-22(23)27)31-24-28-10-4-3-5-19(16(2)30-24)20-8-6-17(26)11-21(20)25/h3-9,11-14H,10H2,1-2H3,(H,28,31)/b4-3+,19-5+,30-16+. The summed E-state index contributed by atoms with van der Waals surface area (Å²) in [4.78, 5) is 13.1. The number of anilines is 1. The molecule has 0 radical (unpaired) electrons. The number of nitrogens with one attached hydrogen (secondary N) is 1. The molecule has 3 aromatic rings. The SMILES string of the molecule is CC1=N\C(Nc2ccc(-n3cnc(C)c3)c(F)c2)=N/C/C=C/C=C\1c1ccc(F)cc1Cl. The molecule has 8 heteroatoms. The molecule has 0 saturated carbocycles. The molecule has 2 aromatic carbocycles. The molecule has 0 amide bonds. The summed E-state index contributed by atoms with van der Waals surface area (Å²) in [7, 11) is 0. The van der Waals surface area contributed by atoms with E-state index in [0.717, 1.165) is 11.3 Å². The van der Waals surface area contributed by atoms with Gasteiger partial charge in [-0.05, 0) is 50.2 Å². The van der Waals surface area contributed by atoms with Crippen LogP contribution in [-0.2, 0) is 0 Å². The van der Waals surface area contributed by atoms with Crippen molar-refractivity contribution in [3.63, 3.8) is 0 Å². The van der Waals surface area contributed by atoms with Crippen molar-refractivity contribution < 1.29 is 8.78 Å². The van der Waals surface area contributed by atoms with Gasteiger partial charge in [-0.2, -0.15) is 0 Å². The predicted octanol–water partition coefficient (Wildman–Crippen LogP) is 5.99. The number of guanidine groups is 1. The van der Waals surface area contributed by atoms with Gasteiger partial charge in [0.15, 0.2) is 0 Å². The summed E-state index contributed by atoms with van der Waals surface area (Å²) in [5, 5.41) is 3.36. The van der Waals surface area contributed by atoms with E-state index in [-0.39, 0.29) is 5.02 Å². The molecule has 162 valence electrons. The zero-order valence-corrected chi connectivity index (χ0v) is 18.2. The van der Waals surface area contributed by atoms with Crippen molar-refractivity contribution in [2.24, 2.45) is 9.98 Å². The topological polar surface area (TPSA) is 54.6 Å². The number of imidazole rings is 1. The number of hydrogen-bond acceptors (Lipinski definition) is 4. The van der Waals surface area contributed by atoms with Gasteiger partial charge in [-0.25, -0.2) is 23.7 Å². The molecule has 1 aliphatic rings. The Bertz CT molecular complexity index is 1290. The number of aromatic nitrogens is 2. The van der Waals surface area contributed by atoms with Crippen LogP contribution in [0.5, 0.6) is 0 Å². The van der Waals surface area contributed by atoms with E-state index in [1.54, 1.807) is 35.3 Å². The first-order valence-electron chi connectivity index (χ1n) is 9.90. The summed E-state index contributed by atoms with van der Waals surface area (Å²) in [6.45, 7) is 4.04. The van der Waals surface area contributed by atoms with Crippen LogP contribution >= 0.6 is 11.6 Å². The number of aryl methyl sites for hydroxylation is 1. The average Bonchev–Trinajstić information content (AvgIpc) is 3.19. The van der Waals surface area contributed by atoms with Crippen LogP contribution in [-0.4, -0.2) is 27.8 Å². The first kappa shape index (κ1) is 21.6. The third kappa shape index (κ3) is 4.84. The van der Waals surface area contributed by atoms with Crippen molar-refractivity contribution in [3.05, 3.63) is 95.1 Å². The Morgan fingerprint density at radius 3 is 2.66 bits per heavy atom. The van der Waals surface area contributed by atoms with Crippen LogP contribution in [0.2, 0.25) is 5.02 Å². The lowest BCUT2D eigenvalue weighted by Gasteiger charge is -2.12. The maximum Gasteiger partial charge on any atom is 0.223 e. The van der Waals surface area contributed by atoms with Crippen LogP contribution in [0.15, 0.2) is 77.1 Å². The zero-order valence-electron chi connectivity index (χ0n) is 17.5. The van der Waals surface area contributed by atoms with Gasteiger partial charge in [0.1, 0.15) is 11.6 Å². The molecule has 0 bridgehead atoms. The summed E-state index contributed by atoms with van der Waals surface area (Å²) in [6.07, 6.45) is 8.89. The van der Waals surface area contributed by atoms with Gasteiger partial charge in [-0.3, -0.25) is 0 Å². The van der Waals surface area contributed by atoms with Gasteiger partial charge in [-0.1, -0.05) is 29.8 Å². The Morgan fingerprint density at radius 2 is 1.94 bits per heavy atom. The fraction of sp³-hybridized carbons (Fsp3) is 0.125. The molecule has 0 fully saturated rings. The number of aliphatic imine (C=N–C) groups is 2. The second kappa shape index (κ2) is 9.28. The van der Waals surface area contributed by atoms with Gasteiger partial charge in [0.2, 0.25) is 5.96 Å². The van der Waals surface area contributed by atoms with Crippen molar-refractivity contribution in [2.45, 2.75) is 13.8 Å². The Hall–Kier alpha value is -3.58. The molecule has 0 spiro atoms. The summed E-state index contributed by atoms with van der Waals surface area (Å²) in [6, 6.07) is 9.02. The van der Waals surface area contributed by atoms with Crippen LogP contribution in [0.4, 0.5) is 14.5 Å². The first-order chi connectivity index (χ1) is 15.4. The molecule has 1 N–H and O–H groups in total. The third-order valence-electron chi connectivity index (χ3n) is 4.82. The second-order valence-electron chi connectivity index (χ2n) is 7.21. The highest BCUT2D eigenvalue weighted by Gasteiger charge is 2.13. The van der Waals surface area contributed by atoms with Crippen LogP contribution in [0, 0.1) is 18.6 Å². The Labute approximate surface area is 189 Å². The minimum Gasteiger partial charge on any atom is -0.324 e. The van der Waals surface area contributed by atoms with Crippen molar-refractivity contribution in [3.8, 4) is 5.69 Å². The molecule has 32 heavy (non-hydrogen) atoms. The van der Waals surface area contributed by atoms with Crippen LogP contribution in [0.1, 0.15) is 18.2 Å². The van der Waals surface area contributed by atoms with Gasteiger partial charge in [0.25, 0.3) is 0 Å². The number of rotatable bonds is 3. The number of nitrogens with zero attached hydrogens (tertiary/aromatic N) is 4. The van der Waals surface area contributed by atoms with Crippen molar-refractivity contribution >= 4 is 34.5 Å². The highest BCUT2D eigenvalue weighted by molar-refractivity contribution is 6.36. The van der Waals surface area contributed by atoms with Crippen molar-refractivity contribution in [1.82, 2.24) is 9.55 Å². The maximum absolute atomic E-state index is 14.7. The van der Waals surface area contributed by atoms with Crippen molar-refractivity contribution in [2.75, 3.05) is 11.9 Å². The predicted molar refractivity (Wildman–Crippen MR) is 126 cm³/mol. The number of halogens is 3. The lowest BCUT2D eigenvalue weighted by molar-refractivity contribution is 0.618. The molecular formula is C24H20ClF2N5. The lowest BCUT2D eigenvalue weighted by Crippen LogP contribution is -2.13. The minimum absolute atomic E-state index is 0.289. The highest BCUT2D eigenvalue weighted by Crippen LogP contribution is 2.27. The molecule has 0 saturated heterocycles. The lowest BCUT2D eigenvalue weighted by atomic mass is 10.0. The van der Waals surface area contributed by atoms with E-state index >= 15 is 0 Å². The first-order valence-corrected chi connectivity index (χ1v) is 10.3. The fourth-order valence-electron chi connectivity index (χ4n) is 3.28. The average molecular weight is 452 g/mol. The van der Waals surface area contributed by atoms with E-state index < -0.39 is 11.6 Å². The van der Waals surface area contributed by atoms with Crippen molar-refractivity contribution in [1.29, 1.82) is 0 Å². The third-order valence-corrected chi connectivity index (χ3v) is 5.14. The summed E-state index contributed by atoms with van der Waals surface area (Å²) in [5.41, 5.74) is 3.72. The molecular weight excluding hydrogens is 432 g/mol. The molecule has 2 heterocycles. The smallest absolute Gasteiger partial charge is 0.223 e. The van der Waals surface area contributed by atoms with E-state index in [4.69, 9.17) is 11.6 Å². The van der Waals surface area contributed by atoms with Crippen LogP contribution < -0.4 is 5.32 Å². The summed E-state index contributed by atoms with van der Waals surface area (Å²) in [5.74, 6) is -0.494. The highest BCUT2D eigenvalue weighted by atomic mass is 35.5. The van der Waals surface area contributed by atoms with Gasteiger partial charge in [-0.15, -0.1) is 0 Å². The number of benzene rings is 2. The van der Waals surface area contributed by atoms with E-state index in [1.165, 1.54) is 18.2 Å². The van der Waals surface area contributed by atoms with Gasteiger partial charge < -0.3 is 9.88 Å². The van der Waals surface area contributed by atoms with E-state index in [1.807, 2.05) is 32.1 Å². The summed E-state index contributed by atoms with van der Waals surface area (Å²) < 4.78 is 29.8. The van der Waals surface area contributed by atoms with Crippen LogP contribution in [0.3, 0.4) is 0 Å². The maximum atomic E-state index is 14.7. The molecule has 1 aromatic heterocycles. The van der Waals surface area contributed by atoms with Gasteiger partial charge in [0.05, 0.1) is 29.3 Å². The molecule has 4 rings (SSSR count). The van der Waals surface area contributed by atoms with Gasteiger partial charge in [0, 0.05) is 28.7 Å². The Morgan fingerprint density at radius 1 is 1.09 bits per heavy atom. The van der Waals surface area contributed by atoms with E-state index in [9.17, 15) is 8.78 Å². The van der Waals surface area contributed by atoms with E-state index in [2.05, 4.69) is 20.3 Å². The fourth-order valence-corrected chi connectivity index (χ4v) is 3.54.